The molecule has 2 atom stereocenters. The van der Waals surface area contributed by atoms with Crippen LogP contribution in [-0.4, -0.2) is 19.0 Å². The maximum absolute atomic E-state index is 13.3. The first-order valence-corrected chi connectivity index (χ1v) is 19.4. The Balaban J connectivity index is 1.40. The van der Waals surface area contributed by atoms with E-state index in [1.165, 1.54) is 54.1 Å². The summed E-state index contributed by atoms with van der Waals surface area (Å²) in [5, 5.41) is 7.44. The molecule has 0 bridgehead atoms. The van der Waals surface area contributed by atoms with E-state index in [0.29, 0.717) is 6.61 Å². The minimum absolute atomic E-state index is 0.336. The average Bonchev–Trinajstić information content (AvgIpc) is 3.67. The fourth-order valence-corrected chi connectivity index (χ4v) is 12.4. The first-order valence-electron chi connectivity index (χ1n) is 16.8. The zero-order valence-corrected chi connectivity index (χ0v) is 30.0. The molecule has 49 heavy (non-hydrogen) atoms. The second-order valence-corrected chi connectivity index (χ2v) is 17.6. The zero-order chi connectivity index (χ0) is 33.7. The minimum Gasteiger partial charge on any atom is -0.492 e. The van der Waals surface area contributed by atoms with Gasteiger partial charge >= 0.3 is 0 Å². The van der Waals surface area contributed by atoms with Crippen LogP contribution in [0, 0.1) is 27.7 Å². The molecule has 0 aliphatic carbocycles. The van der Waals surface area contributed by atoms with E-state index in [0.717, 1.165) is 28.9 Å². The highest BCUT2D eigenvalue weighted by molar-refractivity contribution is 7.80. The molecule has 0 aromatic heterocycles. The van der Waals surface area contributed by atoms with Gasteiger partial charge in [-0.2, -0.15) is 0 Å². The summed E-state index contributed by atoms with van der Waals surface area (Å²) < 4.78 is 13.4. The van der Waals surface area contributed by atoms with Crippen molar-refractivity contribution in [2.75, 3.05) is 6.61 Å². The number of fused-ring (bicyclic) bond motifs is 4. The number of ether oxygens (including phenoxy) is 2. The van der Waals surface area contributed by atoms with Crippen LogP contribution in [0.3, 0.4) is 0 Å². The second kappa shape index (κ2) is 12.7. The predicted molar refractivity (Wildman–Crippen MR) is 206 cm³/mol. The smallest absolute Gasteiger partial charge is 0.171 e. The molecule has 2 aliphatic heterocycles. The fraction of sp³-hybridized carbons (Fsp3) is 0.159. The van der Waals surface area contributed by atoms with Gasteiger partial charge in [0, 0.05) is 11.1 Å². The molecule has 242 valence electrons. The molecule has 0 fully saturated rings. The van der Waals surface area contributed by atoms with Crippen molar-refractivity contribution in [1.82, 2.24) is 0 Å². The normalized spacial score (nSPS) is 17.6. The molecule has 0 saturated heterocycles. The van der Waals surface area contributed by atoms with Gasteiger partial charge in [0.1, 0.15) is 23.5 Å². The third-order valence-corrected chi connectivity index (χ3v) is 14.8. The van der Waals surface area contributed by atoms with Crippen LogP contribution < -0.4 is 41.3 Å². The summed E-state index contributed by atoms with van der Waals surface area (Å²) in [7, 11) is -1.99. The van der Waals surface area contributed by atoms with Gasteiger partial charge in [-0.1, -0.05) is 144 Å². The van der Waals surface area contributed by atoms with Gasteiger partial charge < -0.3 is 9.47 Å². The van der Waals surface area contributed by atoms with Gasteiger partial charge in [-0.3, -0.25) is 4.79 Å². The molecule has 3 nitrogen and oxygen atoms in total. The lowest BCUT2D eigenvalue weighted by Crippen LogP contribution is -2.47. The molecule has 0 radical (unpaired) electrons. The lowest BCUT2D eigenvalue weighted by atomic mass is 9.73. The summed E-state index contributed by atoms with van der Waals surface area (Å²) >= 11 is 0. The highest BCUT2D eigenvalue weighted by atomic mass is 31.1. The molecule has 0 N–H and O–H groups in total. The van der Waals surface area contributed by atoms with Crippen molar-refractivity contribution in [3.8, 4) is 11.5 Å². The van der Waals surface area contributed by atoms with Crippen molar-refractivity contribution in [1.29, 1.82) is 0 Å². The van der Waals surface area contributed by atoms with Crippen molar-refractivity contribution in [2.24, 2.45) is 0 Å². The summed E-state index contributed by atoms with van der Waals surface area (Å²) in [4.78, 5) is 13.3. The largest absolute Gasteiger partial charge is 0.492 e. The quantitative estimate of drug-likeness (QED) is 0.134. The minimum atomic E-state index is -0.995. The van der Waals surface area contributed by atoms with Crippen LogP contribution in [0.25, 0.3) is 0 Å². The maximum Gasteiger partial charge on any atom is 0.171 e. The van der Waals surface area contributed by atoms with E-state index in [1.807, 2.05) is 6.07 Å². The average molecular weight is 677 g/mol. The molecule has 6 aromatic carbocycles. The van der Waals surface area contributed by atoms with Crippen molar-refractivity contribution in [2.45, 2.75) is 39.2 Å². The van der Waals surface area contributed by atoms with Gasteiger partial charge in [-0.05, 0) is 87.5 Å². The predicted octanol–water partition coefficient (Wildman–Crippen LogP) is 7.08. The van der Waals surface area contributed by atoms with Gasteiger partial charge in [-0.15, -0.1) is 0 Å². The van der Waals surface area contributed by atoms with E-state index < -0.39 is 27.4 Å². The molecule has 8 rings (SSSR count). The Labute approximate surface area is 291 Å². The number of hydrogen-bond donors (Lipinski definition) is 0. The summed E-state index contributed by atoms with van der Waals surface area (Å²) in [5.41, 5.74) is 6.25. The third-order valence-electron chi connectivity index (χ3n) is 9.87. The van der Waals surface area contributed by atoms with Crippen molar-refractivity contribution in [3.63, 3.8) is 0 Å². The third kappa shape index (κ3) is 5.41. The number of hydrogen-bond acceptors (Lipinski definition) is 3. The van der Waals surface area contributed by atoms with Gasteiger partial charge in [0.2, 0.25) is 0 Å². The molecule has 0 amide bonds. The molecule has 6 aromatic rings. The van der Waals surface area contributed by atoms with Crippen LogP contribution in [0.1, 0.15) is 33.4 Å². The highest BCUT2D eigenvalue weighted by Crippen LogP contribution is 2.56. The molecule has 0 saturated carbocycles. The van der Waals surface area contributed by atoms with Gasteiger partial charge in [0.15, 0.2) is 12.4 Å². The lowest BCUT2D eigenvalue weighted by Gasteiger charge is -2.33. The summed E-state index contributed by atoms with van der Waals surface area (Å²) in [6.45, 7) is 8.85. The molecule has 2 aliphatic rings. The van der Waals surface area contributed by atoms with E-state index in [2.05, 4.69) is 155 Å². The molecular formula is C44H38O3P2. The number of carbonyl (C=O) groups excluding carboxylic acids is 1. The van der Waals surface area contributed by atoms with E-state index in [-0.39, 0.29) is 0 Å². The number of aldehydes is 1. The van der Waals surface area contributed by atoms with E-state index in [1.54, 1.807) is 0 Å². The number of rotatable bonds is 7. The Morgan fingerprint density at radius 2 is 0.898 bits per heavy atom. The number of carbonyl (C=O) groups is 1. The van der Waals surface area contributed by atoms with E-state index in [4.69, 9.17) is 9.47 Å². The maximum atomic E-state index is 13.3. The van der Waals surface area contributed by atoms with Crippen molar-refractivity contribution < 1.29 is 14.3 Å². The van der Waals surface area contributed by atoms with Crippen molar-refractivity contribution in [3.05, 3.63) is 167 Å². The molecule has 5 heteroatoms. The van der Waals surface area contributed by atoms with Gasteiger partial charge in [0.05, 0.1) is 0 Å². The topological polar surface area (TPSA) is 35.5 Å². The molecule has 2 heterocycles. The van der Waals surface area contributed by atoms with Crippen LogP contribution in [-0.2, 0) is 10.2 Å². The molecule has 1 spiro atoms. The summed E-state index contributed by atoms with van der Waals surface area (Å²) in [6.07, 6.45) is 0.269. The van der Waals surface area contributed by atoms with Crippen LogP contribution in [0.4, 0.5) is 0 Å². The van der Waals surface area contributed by atoms with Crippen LogP contribution >= 0.6 is 15.8 Å². The van der Waals surface area contributed by atoms with E-state index >= 15 is 0 Å². The van der Waals surface area contributed by atoms with Gasteiger partial charge in [0.25, 0.3) is 0 Å². The molecule has 1 unspecified atom stereocenters. The van der Waals surface area contributed by atoms with Crippen molar-refractivity contribution >= 4 is 54.0 Å². The van der Waals surface area contributed by atoms with Crippen LogP contribution in [0.15, 0.2) is 133 Å². The molecular weight excluding hydrogens is 638 g/mol. The van der Waals surface area contributed by atoms with Crippen LogP contribution in [0.5, 0.6) is 11.5 Å². The summed E-state index contributed by atoms with van der Waals surface area (Å²) in [6, 6.07) is 48.5. The first kappa shape index (κ1) is 31.7. The van der Waals surface area contributed by atoms with E-state index in [9.17, 15) is 4.79 Å². The fourth-order valence-electron chi connectivity index (χ4n) is 7.37. The van der Waals surface area contributed by atoms with Crippen LogP contribution in [0.2, 0.25) is 0 Å². The Hall–Kier alpha value is -4.55. The standard InChI is InChI=1S/C44H38O3P2/c1-29-11-19-33(20-12-29)48(34-21-13-30(2)14-22-34)39-9-5-7-37-42(39)44(28-46-37)41(27-45)47-38-8-6-10-40(43(38)44)49(35-23-15-31(3)16-24-35)36-25-17-32(4)18-26-36/h5-27,41H,28H2,1-4H3/t41-,44?/m1/s1. The Kier molecular flexibility index (Phi) is 8.23. The Morgan fingerprint density at radius 3 is 1.29 bits per heavy atom. The SMILES string of the molecule is Cc1ccc(P(c2ccc(C)cc2)c2cccc3c2C2(CO3)c3c(cccc3P(c3ccc(C)cc3)c3ccc(C)cc3)O[C@@H]2C=O)cc1. The second-order valence-electron chi connectivity index (χ2n) is 13.2. The Bertz CT molecular complexity index is 1950. The lowest BCUT2D eigenvalue weighted by molar-refractivity contribution is -0.115. The zero-order valence-electron chi connectivity index (χ0n) is 28.2. The van der Waals surface area contributed by atoms with Gasteiger partial charge in [-0.25, -0.2) is 0 Å². The monoisotopic (exact) mass is 676 g/mol. The summed E-state index contributed by atoms with van der Waals surface area (Å²) in [5.74, 6) is 1.60. The number of benzene rings is 6. The Morgan fingerprint density at radius 1 is 0.531 bits per heavy atom. The number of aryl methyl sites for hydroxylation is 4. The highest BCUT2D eigenvalue weighted by Gasteiger charge is 2.58. The first-order chi connectivity index (χ1) is 23.9.